The summed E-state index contributed by atoms with van der Waals surface area (Å²) < 4.78 is 4.89. The van der Waals surface area contributed by atoms with Gasteiger partial charge in [-0.1, -0.05) is 6.92 Å². The molecule has 0 amide bonds. The van der Waals surface area contributed by atoms with Gasteiger partial charge in [-0.2, -0.15) is 0 Å². The quantitative estimate of drug-likeness (QED) is 0.552. The van der Waals surface area contributed by atoms with Crippen molar-refractivity contribution in [3.63, 3.8) is 0 Å². The molecule has 0 spiro atoms. The van der Waals surface area contributed by atoms with Crippen molar-refractivity contribution >= 4 is 5.78 Å². The van der Waals surface area contributed by atoms with E-state index in [2.05, 4.69) is 0 Å². The van der Waals surface area contributed by atoms with Gasteiger partial charge in [0.1, 0.15) is 0 Å². The van der Waals surface area contributed by atoms with Gasteiger partial charge < -0.3 is 4.74 Å². The molecule has 0 saturated heterocycles. The molecule has 0 radical (unpaired) electrons. The summed E-state index contributed by atoms with van der Waals surface area (Å²) >= 11 is 0. The summed E-state index contributed by atoms with van der Waals surface area (Å²) in [4.78, 5) is 11.2. The smallest absolute Gasteiger partial charge is 0.199 e. The van der Waals surface area contributed by atoms with Crippen molar-refractivity contribution in [1.82, 2.24) is 0 Å². The third-order valence-corrected chi connectivity index (χ3v) is 1.84. The number of ketones is 1. The summed E-state index contributed by atoms with van der Waals surface area (Å²) in [6.07, 6.45) is 3.80. The van der Waals surface area contributed by atoms with Gasteiger partial charge in [0.15, 0.2) is 11.5 Å². The van der Waals surface area contributed by atoms with E-state index in [9.17, 15) is 4.79 Å². The molecule has 0 N–H and O–H groups in total. The predicted molar refractivity (Wildman–Crippen MR) is 38.5 cm³/mol. The lowest BCUT2D eigenvalue weighted by Gasteiger charge is -2.15. The van der Waals surface area contributed by atoms with Crippen LogP contribution in [-0.4, -0.2) is 12.9 Å². The van der Waals surface area contributed by atoms with Crippen molar-refractivity contribution in [2.75, 3.05) is 7.11 Å². The fourth-order valence-corrected chi connectivity index (χ4v) is 1.12. The molecular weight excluding hydrogens is 128 g/mol. The first-order valence-corrected chi connectivity index (χ1v) is 3.54. The lowest BCUT2D eigenvalue weighted by Crippen LogP contribution is -2.18. The van der Waals surface area contributed by atoms with Crippen LogP contribution in [0.3, 0.4) is 0 Å². The molecule has 0 heterocycles. The number of rotatable bonds is 1. The molecule has 1 rings (SSSR count). The van der Waals surface area contributed by atoms with E-state index in [4.69, 9.17) is 4.74 Å². The fraction of sp³-hybridized carbons (Fsp3) is 0.625. The Kier molecular flexibility index (Phi) is 2.10. The van der Waals surface area contributed by atoms with E-state index < -0.39 is 0 Å². The molecule has 2 heteroatoms. The molecule has 0 fully saturated rings. The summed E-state index contributed by atoms with van der Waals surface area (Å²) in [6, 6.07) is 0. The van der Waals surface area contributed by atoms with Gasteiger partial charge in [0.25, 0.3) is 0 Å². The van der Waals surface area contributed by atoms with Gasteiger partial charge in [-0.05, 0) is 18.9 Å². The predicted octanol–water partition coefficient (Wildman–Crippen LogP) is 1.52. The Morgan fingerprint density at radius 2 is 2.40 bits per heavy atom. The van der Waals surface area contributed by atoms with E-state index in [-0.39, 0.29) is 11.7 Å². The molecule has 2 nitrogen and oxygen atoms in total. The first-order valence-electron chi connectivity index (χ1n) is 3.54. The standard InChI is InChI=1S/C8H12O2/c1-6-4-3-5-7(10-2)8(6)9/h5-6H,3-4H2,1-2H3. The fourth-order valence-electron chi connectivity index (χ4n) is 1.12. The van der Waals surface area contributed by atoms with E-state index >= 15 is 0 Å². The van der Waals surface area contributed by atoms with E-state index in [1.807, 2.05) is 13.0 Å². The number of methoxy groups -OCH3 is 1. The maximum absolute atomic E-state index is 11.2. The number of allylic oxidation sites excluding steroid dienone is 2. The monoisotopic (exact) mass is 140 g/mol. The van der Waals surface area contributed by atoms with Crippen LogP contribution >= 0.6 is 0 Å². The minimum Gasteiger partial charge on any atom is -0.493 e. The van der Waals surface area contributed by atoms with Crippen LogP contribution in [0.25, 0.3) is 0 Å². The minimum atomic E-state index is 0.147. The van der Waals surface area contributed by atoms with Crippen LogP contribution in [0.5, 0.6) is 0 Å². The zero-order valence-electron chi connectivity index (χ0n) is 6.39. The van der Waals surface area contributed by atoms with Crippen molar-refractivity contribution in [3.8, 4) is 0 Å². The lowest BCUT2D eigenvalue weighted by atomic mass is 9.94. The molecule has 0 aliphatic heterocycles. The van der Waals surface area contributed by atoms with Crippen LogP contribution in [0.1, 0.15) is 19.8 Å². The average molecular weight is 140 g/mol. The Hall–Kier alpha value is -0.790. The van der Waals surface area contributed by atoms with Gasteiger partial charge in [0.2, 0.25) is 0 Å². The third kappa shape index (κ3) is 1.20. The Morgan fingerprint density at radius 3 is 2.90 bits per heavy atom. The normalized spacial score (nSPS) is 26.0. The highest BCUT2D eigenvalue weighted by molar-refractivity contribution is 5.95. The molecule has 0 saturated carbocycles. The first kappa shape index (κ1) is 7.32. The second kappa shape index (κ2) is 2.86. The van der Waals surface area contributed by atoms with Gasteiger partial charge >= 0.3 is 0 Å². The van der Waals surface area contributed by atoms with Gasteiger partial charge in [-0.3, -0.25) is 4.79 Å². The van der Waals surface area contributed by atoms with E-state index in [0.717, 1.165) is 12.8 Å². The SMILES string of the molecule is COC1=CCCC(C)C1=O. The molecular formula is C8H12O2. The molecule has 0 aromatic rings. The molecule has 10 heavy (non-hydrogen) atoms. The molecule has 0 aromatic carbocycles. The van der Waals surface area contributed by atoms with Gasteiger partial charge in [-0.15, -0.1) is 0 Å². The lowest BCUT2D eigenvalue weighted by molar-refractivity contribution is -0.122. The number of carbonyl (C=O) groups is 1. The Morgan fingerprint density at radius 1 is 1.70 bits per heavy atom. The highest BCUT2D eigenvalue weighted by Crippen LogP contribution is 2.19. The van der Waals surface area contributed by atoms with Crippen LogP contribution in [-0.2, 0) is 9.53 Å². The zero-order valence-corrected chi connectivity index (χ0v) is 6.39. The number of hydrogen-bond donors (Lipinski definition) is 0. The molecule has 1 unspecified atom stereocenters. The number of carbonyl (C=O) groups excluding carboxylic acids is 1. The van der Waals surface area contributed by atoms with Gasteiger partial charge in [0, 0.05) is 5.92 Å². The zero-order chi connectivity index (χ0) is 7.56. The summed E-state index contributed by atoms with van der Waals surface area (Å²) in [6.45, 7) is 1.94. The van der Waals surface area contributed by atoms with Crippen LogP contribution < -0.4 is 0 Å². The Balaban J connectivity index is 2.72. The summed E-state index contributed by atoms with van der Waals surface area (Å²) in [5, 5.41) is 0. The molecule has 1 atom stereocenters. The van der Waals surface area contributed by atoms with Crippen molar-refractivity contribution < 1.29 is 9.53 Å². The van der Waals surface area contributed by atoms with Gasteiger partial charge in [-0.25, -0.2) is 0 Å². The van der Waals surface area contributed by atoms with Crippen LogP contribution in [0.15, 0.2) is 11.8 Å². The van der Waals surface area contributed by atoms with Crippen LogP contribution in [0.4, 0.5) is 0 Å². The largest absolute Gasteiger partial charge is 0.493 e. The molecule has 1 aliphatic rings. The van der Waals surface area contributed by atoms with Crippen LogP contribution in [0, 0.1) is 5.92 Å². The molecule has 0 bridgehead atoms. The Labute approximate surface area is 60.9 Å². The van der Waals surface area contributed by atoms with E-state index in [0.29, 0.717) is 5.76 Å². The number of ether oxygens (including phenoxy) is 1. The van der Waals surface area contributed by atoms with E-state index in [1.54, 1.807) is 7.11 Å². The third-order valence-electron chi connectivity index (χ3n) is 1.84. The molecule has 1 aliphatic carbocycles. The topological polar surface area (TPSA) is 26.3 Å². The summed E-state index contributed by atoms with van der Waals surface area (Å²) in [5.41, 5.74) is 0. The van der Waals surface area contributed by atoms with Crippen molar-refractivity contribution in [3.05, 3.63) is 11.8 Å². The van der Waals surface area contributed by atoms with Crippen LogP contribution in [0.2, 0.25) is 0 Å². The maximum Gasteiger partial charge on any atom is 0.199 e. The van der Waals surface area contributed by atoms with Gasteiger partial charge in [0.05, 0.1) is 7.11 Å². The summed E-state index contributed by atoms with van der Waals surface area (Å²) in [5.74, 6) is 0.840. The number of Topliss-reactive ketones (excluding diaryl/α,β-unsaturated/α-hetero) is 1. The maximum atomic E-state index is 11.2. The van der Waals surface area contributed by atoms with Crippen molar-refractivity contribution in [2.45, 2.75) is 19.8 Å². The minimum absolute atomic E-state index is 0.147. The highest BCUT2D eigenvalue weighted by atomic mass is 16.5. The number of hydrogen-bond acceptors (Lipinski definition) is 2. The molecule has 56 valence electrons. The van der Waals surface area contributed by atoms with Crippen molar-refractivity contribution in [1.29, 1.82) is 0 Å². The van der Waals surface area contributed by atoms with Crippen molar-refractivity contribution in [2.24, 2.45) is 5.92 Å². The Bertz CT molecular complexity index is 170. The second-order valence-electron chi connectivity index (χ2n) is 2.62. The van der Waals surface area contributed by atoms with E-state index in [1.165, 1.54) is 0 Å². The second-order valence-corrected chi connectivity index (χ2v) is 2.62. The first-order chi connectivity index (χ1) is 4.75. The average Bonchev–Trinajstić information content (AvgIpc) is 1.95. The highest BCUT2D eigenvalue weighted by Gasteiger charge is 2.21. The summed E-state index contributed by atoms with van der Waals surface area (Å²) in [7, 11) is 1.54. The molecule has 0 aromatic heterocycles.